The fraction of sp³-hybridized carbons (Fsp3) is 0.412. The SMILES string of the molecule is O=C(CCNCc1cccnc1)N1CCN(c2ncccn2)CC1. The number of aromatic nitrogens is 3. The molecule has 0 radical (unpaired) electrons. The zero-order valence-corrected chi connectivity index (χ0v) is 13.6. The highest BCUT2D eigenvalue weighted by molar-refractivity contribution is 5.76. The first-order valence-electron chi connectivity index (χ1n) is 8.22. The molecule has 3 heterocycles. The number of nitrogens with zero attached hydrogens (tertiary/aromatic N) is 5. The van der Waals surface area contributed by atoms with Crippen LogP contribution in [-0.4, -0.2) is 58.5 Å². The molecule has 126 valence electrons. The number of anilines is 1. The molecule has 7 nitrogen and oxygen atoms in total. The molecule has 0 unspecified atom stereocenters. The summed E-state index contributed by atoms with van der Waals surface area (Å²) in [6.45, 7) is 4.41. The Hall–Kier alpha value is -2.54. The fourth-order valence-corrected chi connectivity index (χ4v) is 2.70. The van der Waals surface area contributed by atoms with Gasteiger partial charge in [-0.3, -0.25) is 9.78 Å². The number of piperazine rings is 1. The molecule has 24 heavy (non-hydrogen) atoms. The van der Waals surface area contributed by atoms with Crippen LogP contribution in [0.25, 0.3) is 0 Å². The Morgan fingerprint density at radius 2 is 1.88 bits per heavy atom. The lowest BCUT2D eigenvalue weighted by Gasteiger charge is -2.34. The van der Waals surface area contributed by atoms with E-state index < -0.39 is 0 Å². The van der Waals surface area contributed by atoms with E-state index in [-0.39, 0.29) is 5.91 Å². The van der Waals surface area contributed by atoms with E-state index in [9.17, 15) is 4.79 Å². The van der Waals surface area contributed by atoms with Gasteiger partial charge in [0.05, 0.1) is 0 Å². The van der Waals surface area contributed by atoms with Crippen LogP contribution in [0.4, 0.5) is 5.95 Å². The summed E-state index contributed by atoms with van der Waals surface area (Å²) in [5, 5.41) is 3.29. The second kappa shape index (κ2) is 8.35. The lowest BCUT2D eigenvalue weighted by atomic mass is 10.2. The van der Waals surface area contributed by atoms with Crippen molar-refractivity contribution in [2.75, 3.05) is 37.6 Å². The van der Waals surface area contributed by atoms with Gasteiger partial charge in [-0.15, -0.1) is 0 Å². The van der Waals surface area contributed by atoms with Crippen molar-refractivity contribution in [2.24, 2.45) is 0 Å². The molecule has 2 aromatic heterocycles. The zero-order chi connectivity index (χ0) is 16.6. The first kappa shape index (κ1) is 16.3. The predicted molar refractivity (Wildman–Crippen MR) is 91.4 cm³/mol. The van der Waals surface area contributed by atoms with Crippen molar-refractivity contribution in [1.29, 1.82) is 0 Å². The van der Waals surface area contributed by atoms with Crippen molar-refractivity contribution < 1.29 is 4.79 Å². The van der Waals surface area contributed by atoms with Gasteiger partial charge in [-0.05, 0) is 17.7 Å². The van der Waals surface area contributed by atoms with Crippen LogP contribution in [0.2, 0.25) is 0 Å². The van der Waals surface area contributed by atoms with Gasteiger partial charge in [0.1, 0.15) is 0 Å². The van der Waals surface area contributed by atoms with Crippen molar-refractivity contribution >= 4 is 11.9 Å². The minimum atomic E-state index is 0.197. The average Bonchev–Trinajstić information content (AvgIpc) is 2.67. The molecule has 1 saturated heterocycles. The topological polar surface area (TPSA) is 74.2 Å². The zero-order valence-electron chi connectivity index (χ0n) is 13.6. The van der Waals surface area contributed by atoms with Gasteiger partial charge < -0.3 is 15.1 Å². The van der Waals surface area contributed by atoms with Crippen LogP contribution in [0.1, 0.15) is 12.0 Å². The Balaban J connectivity index is 1.36. The number of nitrogens with one attached hydrogen (secondary N) is 1. The number of carbonyl (C=O) groups is 1. The molecule has 0 spiro atoms. The summed E-state index contributed by atoms with van der Waals surface area (Å²) in [7, 11) is 0. The number of hydrogen-bond donors (Lipinski definition) is 1. The molecular weight excluding hydrogens is 304 g/mol. The van der Waals surface area contributed by atoms with Gasteiger partial charge in [0.15, 0.2) is 0 Å². The fourth-order valence-electron chi connectivity index (χ4n) is 2.70. The molecule has 3 rings (SSSR count). The molecule has 0 aliphatic carbocycles. The van der Waals surface area contributed by atoms with Crippen molar-refractivity contribution in [3.63, 3.8) is 0 Å². The van der Waals surface area contributed by atoms with Gasteiger partial charge in [-0.2, -0.15) is 0 Å². The standard InChI is InChI=1S/C17H22N6O/c24-16(4-8-19-14-15-3-1-5-18-13-15)22-9-11-23(12-10-22)17-20-6-2-7-21-17/h1-3,5-7,13,19H,4,8-12,14H2. The predicted octanol–water partition coefficient (Wildman–Crippen LogP) is 0.700. The van der Waals surface area contributed by atoms with Crippen LogP contribution >= 0.6 is 0 Å². The normalized spacial score (nSPS) is 14.7. The largest absolute Gasteiger partial charge is 0.339 e. The van der Waals surface area contributed by atoms with Crippen LogP contribution < -0.4 is 10.2 Å². The summed E-state index contributed by atoms with van der Waals surface area (Å²) < 4.78 is 0. The van der Waals surface area contributed by atoms with Gasteiger partial charge in [0.25, 0.3) is 0 Å². The number of pyridine rings is 1. The molecule has 1 aliphatic rings. The summed E-state index contributed by atoms with van der Waals surface area (Å²) in [5.41, 5.74) is 1.13. The quantitative estimate of drug-likeness (QED) is 0.788. The number of carbonyl (C=O) groups excluding carboxylic acids is 1. The first-order chi connectivity index (χ1) is 11.8. The highest BCUT2D eigenvalue weighted by Crippen LogP contribution is 2.10. The van der Waals surface area contributed by atoms with E-state index in [2.05, 4.69) is 25.2 Å². The molecule has 2 aromatic rings. The maximum absolute atomic E-state index is 12.3. The number of amides is 1. The van der Waals surface area contributed by atoms with Gasteiger partial charge in [0, 0.05) is 70.5 Å². The minimum absolute atomic E-state index is 0.197. The Bertz CT molecular complexity index is 628. The molecule has 1 amide bonds. The smallest absolute Gasteiger partial charge is 0.225 e. The van der Waals surface area contributed by atoms with Crippen LogP contribution in [0.15, 0.2) is 43.0 Å². The monoisotopic (exact) mass is 326 g/mol. The molecule has 1 fully saturated rings. The van der Waals surface area contributed by atoms with Gasteiger partial charge in [-0.25, -0.2) is 9.97 Å². The van der Waals surface area contributed by atoms with Crippen LogP contribution in [0.5, 0.6) is 0 Å². The molecule has 1 N–H and O–H groups in total. The van der Waals surface area contributed by atoms with Crippen molar-refractivity contribution in [1.82, 2.24) is 25.2 Å². The Morgan fingerprint density at radius 1 is 1.08 bits per heavy atom. The lowest BCUT2D eigenvalue weighted by Crippen LogP contribution is -2.49. The third-order valence-electron chi connectivity index (χ3n) is 4.03. The highest BCUT2D eigenvalue weighted by Gasteiger charge is 2.21. The second-order valence-electron chi connectivity index (χ2n) is 5.70. The van der Waals surface area contributed by atoms with Crippen molar-refractivity contribution in [3.8, 4) is 0 Å². The van der Waals surface area contributed by atoms with Crippen LogP contribution in [-0.2, 0) is 11.3 Å². The van der Waals surface area contributed by atoms with Crippen molar-refractivity contribution in [3.05, 3.63) is 48.5 Å². The maximum Gasteiger partial charge on any atom is 0.225 e. The van der Waals surface area contributed by atoms with Gasteiger partial charge in [-0.1, -0.05) is 6.07 Å². The summed E-state index contributed by atoms with van der Waals surface area (Å²) >= 11 is 0. The van der Waals surface area contributed by atoms with Crippen LogP contribution in [0.3, 0.4) is 0 Å². The van der Waals surface area contributed by atoms with Gasteiger partial charge in [0.2, 0.25) is 11.9 Å². The molecule has 1 aliphatic heterocycles. The highest BCUT2D eigenvalue weighted by atomic mass is 16.2. The van der Waals surface area contributed by atoms with E-state index >= 15 is 0 Å². The lowest BCUT2D eigenvalue weighted by molar-refractivity contribution is -0.131. The van der Waals surface area contributed by atoms with E-state index in [1.54, 1.807) is 18.6 Å². The Kier molecular flexibility index (Phi) is 5.68. The third kappa shape index (κ3) is 4.48. The molecule has 0 saturated carbocycles. The van der Waals surface area contributed by atoms with E-state index in [1.807, 2.05) is 29.3 Å². The average molecular weight is 326 g/mol. The van der Waals surface area contributed by atoms with E-state index in [1.165, 1.54) is 0 Å². The Morgan fingerprint density at radius 3 is 2.58 bits per heavy atom. The van der Waals surface area contributed by atoms with E-state index in [0.29, 0.717) is 13.0 Å². The summed E-state index contributed by atoms with van der Waals surface area (Å²) in [6.07, 6.45) is 7.59. The van der Waals surface area contributed by atoms with E-state index in [0.717, 1.165) is 44.2 Å². The summed E-state index contributed by atoms with van der Waals surface area (Å²) in [5.74, 6) is 0.935. The molecule has 0 atom stereocenters. The Labute approximate surface area is 141 Å². The summed E-state index contributed by atoms with van der Waals surface area (Å²) in [6, 6.07) is 5.74. The van der Waals surface area contributed by atoms with Crippen LogP contribution in [0, 0.1) is 0 Å². The first-order valence-corrected chi connectivity index (χ1v) is 8.22. The minimum Gasteiger partial charge on any atom is -0.339 e. The second-order valence-corrected chi connectivity index (χ2v) is 5.70. The molecule has 0 aromatic carbocycles. The third-order valence-corrected chi connectivity index (χ3v) is 4.03. The van der Waals surface area contributed by atoms with Gasteiger partial charge >= 0.3 is 0 Å². The van der Waals surface area contributed by atoms with Crippen molar-refractivity contribution in [2.45, 2.75) is 13.0 Å². The summed E-state index contributed by atoms with van der Waals surface area (Å²) in [4.78, 5) is 28.9. The van der Waals surface area contributed by atoms with E-state index in [4.69, 9.17) is 0 Å². The number of hydrogen-bond acceptors (Lipinski definition) is 6. The molecule has 0 bridgehead atoms. The number of rotatable bonds is 6. The molecule has 7 heteroatoms. The molecular formula is C17H22N6O. The maximum atomic E-state index is 12.3.